The van der Waals surface area contributed by atoms with Crippen molar-refractivity contribution in [3.8, 4) is 0 Å². The van der Waals surface area contributed by atoms with Crippen molar-refractivity contribution >= 4 is 0 Å². The molecule has 0 radical (unpaired) electrons. The van der Waals surface area contributed by atoms with Crippen molar-refractivity contribution in [1.82, 2.24) is 5.32 Å². The first-order valence-corrected chi connectivity index (χ1v) is 6.58. The Kier molecular flexibility index (Phi) is 4.00. The van der Waals surface area contributed by atoms with E-state index in [0.29, 0.717) is 5.92 Å². The zero-order chi connectivity index (χ0) is 11.4. The summed E-state index contributed by atoms with van der Waals surface area (Å²) < 4.78 is 0. The second-order valence-corrected chi connectivity index (χ2v) is 5.26. The van der Waals surface area contributed by atoms with Gasteiger partial charge in [-0.1, -0.05) is 51.0 Å². The van der Waals surface area contributed by atoms with Gasteiger partial charge in [0.05, 0.1) is 0 Å². The van der Waals surface area contributed by atoms with E-state index in [9.17, 15) is 0 Å². The molecule has 0 saturated heterocycles. The maximum absolute atomic E-state index is 3.65. The molecule has 0 aliphatic heterocycles. The van der Waals surface area contributed by atoms with Crippen LogP contribution >= 0.6 is 0 Å². The molecule has 16 heavy (non-hydrogen) atoms. The summed E-state index contributed by atoms with van der Waals surface area (Å²) in [6.45, 7) is 5.51. The Labute approximate surface area is 99.3 Å². The first kappa shape index (κ1) is 11.7. The van der Waals surface area contributed by atoms with Gasteiger partial charge in [0.2, 0.25) is 0 Å². The third-order valence-corrected chi connectivity index (χ3v) is 3.60. The minimum Gasteiger partial charge on any atom is -0.310 e. The zero-order valence-corrected chi connectivity index (χ0v) is 10.5. The number of hydrogen-bond donors (Lipinski definition) is 1. The van der Waals surface area contributed by atoms with E-state index in [1.54, 1.807) is 0 Å². The summed E-state index contributed by atoms with van der Waals surface area (Å²) in [5.41, 5.74) is 2.85. The summed E-state index contributed by atoms with van der Waals surface area (Å²) in [5.74, 6) is 0.636. The van der Waals surface area contributed by atoms with Crippen molar-refractivity contribution in [2.75, 3.05) is 0 Å². The van der Waals surface area contributed by atoms with Crippen LogP contribution in [0.2, 0.25) is 0 Å². The maximum atomic E-state index is 3.65. The van der Waals surface area contributed by atoms with Crippen LogP contribution in [0.15, 0.2) is 24.3 Å². The molecular weight excluding hydrogens is 194 g/mol. The van der Waals surface area contributed by atoms with Gasteiger partial charge < -0.3 is 5.32 Å². The van der Waals surface area contributed by atoms with Crippen molar-refractivity contribution in [1.29, 1.82) is 0 Å². The van der Waals surface area contributed by atoms with Crippen LogP contribution in [0, 0.1) is 0 Å². The van der Waals surface area contributed by atoms with E-state index in [1.807, 2.05) is 0 Å². The molecule has 1 N–H and O–H groups in total. The first-order valence-electron chi connectivity index (χ1n) is 6.58. The minimum absolute atomic E-state index is 0.636. The summed E-state index contributed by atoms with van der Waals surface area (Å²) in [5, 5.41) is 3.65. The summed E-state index contributed by atoms with van der Waals surface area (Å²) in [7, 11) is 0. The van der Waals surface area contributed by atoms with Crippen molar-refractivity contribution < 1.29 is 0 Å². The van der Waals surface area contributed by atoms with Crippen LogP contribution in [0.3, 0.4) is 0 Å². The average molecular weight is 217 g/mol. The molecule has 1 heteroatoms. The molecule has 1 aromatic rings. The standard InChI is InChI=1S/C15H23N/c1-12(2)14-9-7-13(8-10-14)11-16-15-5-3-4-6-15/h7-10,12,15-16H,3-6,11H2,1-2H3. The highest BCUT2D eigenvalue weighted by molar-refractivity contribution is 5.24. The van der Waals surface area contributed by atoms with Gasteiger partial charge in [0.15, 0.2) is 0 Å². The van der Waals surface area contributed by atoms with Gasteiger partial charge in [-0.3, -0.25) is 0 Å². The van der Waals surface area contributed by atoms with E-state index in [4.69, 9.17) is 0 Å². The number of nitrogens with one attached hydrogen (secondary N) is 1. The van der Waals surface area contributed by atoms with Gasteiger partial charge in [0, 0.05) is 12.6 Å². The zero-order valence-electron chi connectivity index (χ0n) is 10.5. The maximum Gasteiger partial charge on any atom is 0.0208 e. The Morgan fingerprint density at radius 3 is 2.31 bits per heavy atom. The SMILES string of the molecule is CC(C)c1ccc(CNC2CCCC2)cc1. The average Bonchev–Trinajstić information content (AvgIpc) is 2.80. The van der Waals surface area contributed by atoms with Gasteiger partial charge >= 0.3 is 0 Å². The lowest BCUT2D eigenvalue weighted by atomic mass is 10.0. The van der Waals surface area contributed by atoms with Crippen LogP contribution in [0.1, 0.15) is 56.6 Å². The van der Waals surface area contributed by atoms with Crippen molar-refractivity contribution in [2.24, 2.45) is 0 Å². The Morgan fingerprint density at radius 1 is 1.12 bits per heavy atom. The molecule has 1 aliphatic rings. The lowest BCUT2D eigenvalue weighted by molar-refractivity contribution is 0.524. The molecule has 0 heterocycles. The highest BCUT2D eigenvalue weighted by atomic mass is 14.9. The topological polar surface area (TPSA) is 12.0 Å². The second kappa shape index (κ2) is 5.49. The van der Waals surface area contributed by atoms with Crippen molar-refractivity contribution in [3.05, 3.63) is 35.4 Å². The highest BCUT2D eigenvalue weighted by Gasteiger charge is 2.13. The molecule has 2 rings (SSSR count). The van der Waals surface area contributed by atoms with Crippen LogP contribution < -0.4 is 5.32 Å². The van der Waals surface area contributed by atoms with Crippen LogP contribution in [-0.2, 0) is 6.54 Å². The molecule has 0 amide bonds. The predicted molar refractivity (Wildman–Crippen MR) is 69.6 cm³/mol. The number of benzene rings is 1. The van der Waals surface area contributed by atoms with Gasteiger partial charge in [-0.05, 0) is 29.9 Å². The van der Waals surface area contributed by atoms with Crippen LogP contribution in [0.5, 0.6) is 0 Å². The monoisotopic (exact) mass is 217 g/mol. The summed E-state index contributed by atoms with van der Waals surface area (Å²) in [4.78, 5) is 0. The molecule has 0 aromatic heterocycles. The molecule has 0 unspecified atom stereocenters. The predicted octanol–water partition coefficient (Wildman–Crippen LogP) is 3.84. The largest absolute Gasteiger partial charge is 0.310 e. The second-order valence-electron chi connectivity index (χ2n) is 5.26. The van der Waals surface area contributed by atoms with Crippen molar-refractivity contribution in [3.63, 3.8) is 0 Å². The molecule has 1 fully saturated rings. The molecular formula is C15H23N. The smallest absolute Gasteiger partial charge is 0.0208 e. The number of rotatable bonds is 4. The Morgan fingerprint density at radius 2 is 1.75 bits per heavy atom. The third kappa shape index (κ3) is 3.08. The van der Waals surface area contributed by atoms with E-state index in [1.165, 1.54) is 36.8 Å². The summed E-state index contributed by atoms with van der Waals surface area (Å²) >= 11 is 0. The molecule has 1 aliphatic carbocycles. The fraction of sp³-hybridized carbons (Fsp3) is 0.600. The van der Waals surface area contributed by atoms with Gasteiger partial charge in [-0.2, -0.15) is 0 Å². The first-order chi connectivity index (χ1) is 7.75. The quantitative estimate of drug-likeness (QED) is 0.808. The molecule has 1 nitrogen and oxygen atoms in total. The highest BCUT2D eigenvalue weighted by Crippen LogP contribution is 2.19. The van der Waals surface area contributed by atoms with E-state index in [-0.39, 0.29) is 0 Å². The molecule has 1 saturated carbocycles. The summed E-state index contributed by atoms with van der Waals surface area (Å²) in [6.07, 6.45) is 5.54. The molecule has 0 spiro atoms. The van der Waals surface area contributed by atoms with Gasteiger partial charge in [0.1, 0.15) is 0 Å². The fourth-order valence-corrected chi connectivity index (χ4v) is 2.41. The Balaban J connectivity index is 1.84. The van der Waals surface area contributed by atoms with Crippen LogP contribution in [-0.4, -0.2) is 6.04 Å². The van der Waals surface area contributed by atoms with Gasteiger partial charge in [-0.15, -0.1) is 0 Å². The van der Waals surface area contributed by atoms with Crippen LogP contribution in [0.4, 0.5) is 0 Å². The lowest BCUT2D eigenvalue weighted by Gasteiger charge is -2.12. The Bertz CT molecular complexity index is 307. The summed E-state index contributed by atoms with van der Waals surface area (Å²) in [6, 6.07) is 9.81. The van der Waals surface area contributed by atoms with E-state index >= 15 is 0 Å². The molecule has 88 valence electrons. The fourth-order valence-electron chi connectivity index (χ4n) is 2.41. The van der Waals surface area contributed by atoms with E-state index in [2.05, 4.69) is 43.4 Å². The van der Waals surface area contributed by atoms with Gasteiger partial charge in [0.25, 0.3) is 0 Å². The van der Waals surface area contributed by atoms with Crippen LogP contribution in [0.25, 0.3) is 0 Å². The molecule has 0 bridgehead atoms. The van der Waals surface area contributed by atoms with E-state index < -0.39 is 0 Å². The normalized spacial score (nSPS) is 17.2. The number of hydrogen-bond acceptors (Lipinski definition) is 1. The Hall–Kier alpha value is -0.820. The minimum atomic E-state index is 0.636. The van der Waals surface area contributed by atoms with E-state index in [0.717, 1.165) is 12.6 Å². The van der Waals surface area contributed by atoms with Crippen molar-refractivity contribution in [2.45, 2.75) is 58.0 Å². The lowest BCUT2D eigenvalue weighted by Crippen LogP contribution is -2.25. The third-order valence-electron chi connectivity index (χ3n) is 3.60. The molecule has 1 aromatic carbocycles. The molecule has 0 atom stereocenters. The van der Waals surface area contributed by atoms with Gasteiger partial charge in [-0.25, -0.2) is 0 Å².